The second kappa shape index (κ2) is 14.1. The molecule has 1 fully saturated rings. The molecule has 0 bridgehead atoms. The number of sulfonamides is 1. The number of anilines is 1. The van der Waals surface area contributed by atoms with E-state index in [1.165, 1.54) is 0 Å². The number of amides is 1. The summed E-state index contributed by atoms with van der Waals surface area (Å²) in [5.74, 6) is 0.107. The zero-order valence-corrected chi connectivity index (χ0v) is 23.8. The Labute approximate surface area is 228 Å². The van der Waals surface area contributed by atoms with Crippen LogP contribution in [0.1, 0.15) is 68.6 Å². The summed E-state index contributed by atoms with van der Waals surface area (Å²) in [4.78, 5) is 13.2. The highest BCUT2D eigenvalue weighted by atomic mass is 79.9. The van der Waals surface area contributed by atoms with E-state index in [-0.39, 0.29) is 10.0 Å². The molecule has 10 heteroatoms. The van der Waals surface area contributed by atoms with Gasteiger partial charge in [-0.15, -0.1) is 0 Å². The quantitative estimate of drug-likeness (QED) is 0.255. The summed E-state index contributed by atoms with van der Waals surface area (Å²) in [6, 6.07) is 11.7. The van der Waals surface area contributed by atoms with Crippen LogP contribution in [0.4, 0.5) is 5.69 Å². The van der Waals surface area contributed by atoms with Gasteiger partial charge in [-0.1, -0.05) is 55.0 Å². The van der Waals surface area contributed by atoms with Crippen molar-refractivity contribution in [2.24, 2.45) is 0 Å². The maximum Gasteiger partial charge on any atom is 0.261 e. The molecule has 1 heterocycles. The molecule has 0 saturated carbocycles. The maximum atomic E-state index is 13.0. The topological polar surface area (TPSA) is 87.7 Å². The minimum atomic E-state index is -3.52. The third-order valence-corrected chi connectivity index (χ3v) is 8.59. The molecule has 2 aromatic carbocycles. The minimum Gasteiger partial charge on any atom is -0.493 e. The molecule has 7 nitrogen and oxygen atoms in total. The molecule has 0 unspecified atom stereocenters. The van der Waals surface area contributed by atoms with Crippen molar-refractivity contribution < 1.29 is 17.9 Å². The number of carbonyl (C=O) groups excluding carboxylic acids is 1. The molecule has 1 aliphatic heterocycles. The van der Waals surface area contributed by atoms with E-state index in [0.717, 1.165) is 55.8 Å². The van der Waals surface area contributed by atoms with Crippen molar-refractivity contribution in [1.29, 1.82) is 0 Å². The Kier molecular flexibility index (Phi) is 11.2. The van der Waals surface area contributed by atoms with Crippen LogP contribution in [0.3, 0.4) is 0 Å². The molecular formula is C26H34BrN3O4S2. The molecule has 0 radical (unpaired) electrons. The van der Waals surface area contributed by atoms with Gasteiger partial charge in [0, 0.05) is 23.2 Å². The van der Waals surface area contributed by atoms with Crippen molar-refractivity contribution in [2.75, 3.05) is 25.0 Å². The van der Waals surface area contributed by atoms with Crippen LogP contribution in [-0.4, -0.2) is 43.4 Å². The lowest BCUT2D eigenvalue weighted by atomic mass is 10.2. The number of benzene rings is 2. The first kappa shape index (κ1) is 28.6. The summed E-state index contributed by atoms with van der Waals surface area (Å²) < 4.78 is 34.1. The number of unbranched alkanes of at least 4 members (excludes halogenated alkanes) is 3. The molecule has 36 heavy (non-hydrogen) atoms. The van der Waals surface area contributed by atoms with E-state index in [1.807, 2.05) is 6.07 Å². The van der Waals surface area contributed by atoms with Gasteiger partial charge in [0.2, 0.25) is 10.0 Å². The van der Waals surface area contributed by atoms with Crippen molar-refractivity contribution in [1.82, 2.24) is 9.62 Å². The van der Waals surface area contributed by atoms with E-state index >= 15 is 0 Å². The fraction of sp³-hybridized carbons (Fsp3) is 0.462. The Morgan fingerprint density at radius 1 is 1.03 bits per heavy atom. The van der Waals surface area contributed by atoms with Crippen LogP contribution in [0, 0.1) is 0 Å². The molecule has 0 spiro atoms. The normalized spacial score (nSPS) is 14.6. The first-order chi connectivity index (χ1) is 17.3. The van der Waals surface area contributed by atoms with Crippen molar-refractivity contribution in [3.8, 4) is 5.75 Å². The highest BCUT2D eigenvalue weighted by Crippen LogP contribution is 2.24. The van der Waals surface area contributed by atoms with Gasteiger partial charge in [-0.05, 0) is 73.9 Å². The zero-order valence-electron chi connectivity index (χ0n) is 20.6. The summed E-state index contributed by atoms with van der Waals surface area (Å²) in [7, 11) is -3.52. The van der Waals surface area contributed by atoms with Gasteiger partial charge < -0.3 is 10.1 Å². The predicted molar refractivity (Wildman–Crippen MR) is 151 cm³/mol. The lowest BCUT2D eigenvalue weighted by molar-refractivity contribution is 0.0973. The number of rotatable bonds is 10. The zero-order chi connectivity index (χ0) is 26.0. The Morgan fingerprint density at radius 2 is 1.72 bits per heavy atom. The molecule has 1 amide bonds. The number of hydrogen-bond donors (Lipinski definition) is 2. The molecular weight excluding hydrogens is 562 g/mol. The first-order valence-corrected chi connectivity index (χ1v) is 15.1. The number of nitrogens with zero attached hydrogens (tertiary/aromatic N) is 1. The van der Waals surface area contributed by atoms with Crippen molar-refractivity contribution in [3.05, 3.63) is 52.5 Å². The third-order valence-electron chi connectivity index (χ3n) is 5.98. The predicted octanol–water partition coefficient (Wildman–Crippen LogP) is 6.10. The Morgan fingerprint density at radius 3 is 2.39 bits per heavy atom. The van der Waals surface area contributed by atoms with Crippen LogP contribution in [0.15, 0.2) is 51.8 Å². The smallest absolute Gasteiger partial charge is 0.261 e. The molecule has 1 aliphatic rings. The second-order valence-electron chi connectivity index (χ2n) is 8.80. The summed E-state index contributed by atoms with van der Waals surface area (Å²) >= 11 is 8.73. The fourth-order valence-corrected chi connectivity index (χ4v) is 6.08. The number of thiocarbonyl (C=S) groups is 1. The standard InChI is InChI=1S/C26H34BrN3O4S2/c1-2-3-4-9-18-34-24-15-10-20(27)19-23(24)25(31)29-26(35)28-21-11-13-22(14-12-21)36(32,33)30-16-7-5-6-8-17-30/h10-15,19H,2-9,16-18H2,1H3,(H2,28,29,31,35). The molecule has 0 atom stereocenters. The summed E-state index contributed by atoms with van der Waals surface area (Å²) in [5.41, 5.74) is 0.958. The number of hydrogen-bond acceptors (Lipinski definition) is 5. The Hall–Kier alpha value is -2.01. The molecule has 196 valence electrons. The molecule has 1 saturated heterocycles. The lowest BCUT2D eigenvalue weighted by Crippen LogP contribution is -2.34. The van der Waals surface area contributed by atoms with Gasteiger partial charge in [-0.2, -0.15) is 4.31 Å². The number of nitrogens with one attached hydrogen (secondary N) is 2. The average molecular weight is 597 g/mol. The van der Waals surface area contributed by atoms with Crippen molar-refractivity contribution >= 4 is 54.9 Å². The van der Waals surface area contributed by atoms with E-state index < -0.39 is 15.9 Å². The Bertz CT molecular complexity index is 1130. The first-order valence-electron chi connectivity index (χ1n) is 12.5. The van der Waals surface area contributed by atoms with Crippen LogP contribution in [0.25, 0.3) is 0 Å². The second-order valence-corrected chi connectivity index (χ2v) is 12.1. The van der Waals surface area contributed by atoms with Gasteiger partial charge in [-0.3, -0.25) is 10.1 Å². The molecule has 2 N–H and O–H groups in total. The van der Waals surface area contributed by atoms with E-state index in [9.17, 15) is 13.2 Å². The number of carbonyl (C=O) groups is 1. The number of halogens is 1. The van der Waals surface area contributed by atoms with Gasteiger partial charge in [0.1, 0.15) is 5.75 Å². The SMILES string of the molecule is CCCCCCOc1ccc(Br)cc1C(=O)NC(=S)Nc1ccc(S(=O)(=O)N2CCCCCC2)cc1. The van der Waals surface area contributed by atoms with Crippen LogP contribution in [0.2, 0.25) is 0 Å². The molecule has 0 aromatic heterocycles. The summed E-state index contributed by atoms with van der Waals surface area (Å²) in [5, 5.41) is 5.74. The third kappa shape index (κ3) is 8.26. The minimum absolute atomic E-state index is 0.108. The average Bonchev–Trinajstić information content (AvgIpc) is 3.15. The maximum absolute atomic E-state index is 13.0. The molecule has 3 rings (SSSR count). The summed E-state index contributed by atoms with van der Waals surface area (Å²) in [6.45, 7) is 3.80. The fourth-order valence-electron chi connectivity index (χ4n) is 3.99. The largest absolute Gasteiger partial charge is 0.493 e. The van der Waals surface area contributed by atoms with E-state index in [0.29, 0.717) is 36.7 Å². The van der Waals surface area contributed by atoms with Gasteiger partial charge in [0.25, 0.3) is 5.91 Å². The van der Waals surface area contributed by atoms with Crippen LogP contribution < -0.4 is 15.4 Å². The van der Waals surface area contributed by atoms with Crippen molar-refractivity contribution in [3.63, 3.8) is 0 Å². The van der Waals surface area contributed by atoms with Crippen LogP contribution in [-0.2, 0) is 10.0 Å². The van der Waals surface area contributed by atoms with E-state index in [2.05, 4.69) is 33.5 Å². The number of ether oxygens (including phenoxy) is 1. The highest BCUT2D eigenvalue weighted by Gasteiger charge is 2.25. The van der Waals surface area contributed by atoms with Gasteiger partial charge >= 0.3 is 0 Å². The van der Waals surface area contributed by atoms with Crippen LogP contribution in [0.5, 0.6) is 5.75 Å². The summed E-state index contributed by atoms with van der Waals surface area (Å²) in [6.07, 6.45) is 8.20. The van der Waals surface area contributed by atoms with E-state index in [1.54, 1.807) is 40.7 Å². The monoisotopic (exact) mass is 595 g/mol. The lowest BCUT2D eigenvalue weighted by Gasteiger charge is -2.20. The van der Waals surface area contributed by atoms with Crippen LogP contribution >= 0.6 is 28.1 Å². The van der Waals surface area contributed by atoms with Gasteiger partial charge in [0.05, 0.1) is 17.1 Å². The molecule has 2 aromatic rings. The van der Waals surface area contributed by atoms with Crippen molar-refractivity contribution in [2.45, 2.75) is 63.2 Å². The van der Waals surface area contributed by atoms with E-state index in [4.69, 9.17) is 17.0 Å². The van der Waals surface area contributed by atoms with Gasteiger partial charge in [-0.25, -0.2) is 8.42 Å². The van der Waals surface area contributed by atoms with Gasteiger partial charge in [0.15, 0.2) is 5.11 Å². The Balaban J connectivity index is 1.59. The molecule has 0 aliphatic carbocycles. The highest BCUT2D eigenvalue weighted by molar-refractivity contribution is 9.10.